The van der Waals surface area contributed by atoms with Crippen molar-refractivity contribution < 1.29 is 17.9 Å². The van der Waals surface area contributed by atoms with Crippen molar-refractivity contribution in [1.82, 2.24) is 9.71 Å². The number of nitrogens with one attached hydrogen (secondary N) is 1. The van der Waals surface area contributed by atoms with Crippen molar-refractivity contribution in [2.24, 2.45) is 0 Å². The molecule has 0 saturated heterocycles. The summed E-state index contributed by atoms with van der Waals surface area (Å²) < 4.78 is 32.0. The Kier molecular flexibility index (Phi) is 5.86. The summed E-state index contributed by atoms with van der Waals surface area (Å²) in [6.45, 7) is 4.08. The highest BCUT2D eigenvalue weighted by atomic mass is 32.2. The molecule has 0 aliphatic carbocycles. The molecule has 0 aliphatic heterocycles. The summed E-state index contributed by atoms with van der Waals surface area (Å²) in [6, 6.07) is 5.80. The van der Waals surface area contributed by atoms with Gasteiger partial charge in [-0.1, -0.05) is 6.07 Å². The highest BCUT2D eigenvalue weighted by Gasteiger charge is 2.16. The predicted octanol–water partition coefficient (Wildman–Crippen LogP) is 2.15. The molecule has 0 unspecified atom stereocenters. The molecule has 23 heavy (non-hydrogen) atoms. The summed E-state index contributed by atoms with van der Waals surface area (Å²) in [5, 5.41) is 2.80. The molecule has 0 spiro atoms. The Morgan fingerprint density at radius 2 is 2.17 bits per heavy atom. The number of carbonyl (C=O) groups excluding carboxylic acids is 1. The molecule has 1 heterocycles. The van der Waals surface area contributed by atoms with Gasteiger partial charge in [-0.05, 0) is 32.0 Å². The van der Waals surface area contributed by atoms with E-state index in [0.717, 1.165) is 10.7 Å². The fraction of sp³-hybridized carbons (Fsp3) is 0.333. The summed E-state index contributed by atoms with van der Waals surface area (Å²) in [5.74, 6) is -0.539. The number of thiazole rings is 1. The van der Waals surface area contributed by atoms with E-state index in [9.17, 15) is 13.2 Å². The number of carbonyl (C=O) groups is 1. The van der Waals surface area contributed by atoms with Gasteiger partial charge in [0.25, 0.3) is 0 Å². The number of ether oxygens (including phenoxy) is 1. The number of aryl methyl sites for hydroxylation is 1. The molecule has 1 N–H and O–H groups in total. The first-order chi connectivity index (χ1) is 10.9. The van der Waals surface area contributed by atoms with Crippen LogP contribution in [0.2, 0.25) is 0 Å². The van der Waals surface area contributed by atoms with Crippen LogP contribution in [-0.2, 0) is 21.2 Å². The predicted molar refractivity (Wildman–Crippen MR) is 88.1 cm³/mol. The van der Waals surface area contributed by atoms with Gasteiger partial charge >= 0.3 is 5.97 Å². The van der Waals surface area contributed by atoms with Gasteiger partial charge in [-0.2, -0.15) is 0 Å². The van der Waals surface area contributed by atoms with E-state index in [-0.39, 0.29) is 23.6 Å². The molecular formula is C15H18N2O4S2. The third kappa shape index (κ3) is 4.85. The first-order valence-corrected chi connectivity index (χ1v) is 9.46. The smallest absolute Gasteiger partial charge is 0.338 e. The van der Waals surface area contributed by atoms with E-state index in [4.69, 9.17) is 4.74 Å². The zero-order chi connectivity index (χ0) is 16.9. The van der Waals surface area contributed by atoms with Gasteiger partial charge in [0.15, 0.2) is 0 Å². The summed E-state index contributed by atoms with van der Waals surface area (Å²) >= 11 is 1.50. The molecule has 0 saturated carbocycles. The van der Waals surface area contributed by atoms with E-state index in [1.807, 2.05) is 12.3 Å². The van der Waals surface area contributed by atoms with Crippen molar-refractivity contribution in [2.45, 2.75) is 25.2 Å². The zero-order valence-corrected chi connectivity index (χ0v) is 14.5. The van der Waals surface area contributed by atoms with Gasteiger partial charge in [-0.15, -0.1) is 11.3 Å². The Bertz CT molecular complexity index is 784. The van der Waals surface area contributed by atoms with Crippen molar-refractivity contribution >= 4 is 27.3 Å². The van der Waals surface area contributed by atoms with Crippen molar-refractivity contribution in [3.8, 4) is 0 Å². The van der Waals surface area contributed by atoms with E-state index < -0.39 is 16.0 Å². The average molecular weight is 354 g/mol. The molecule has 1 aromatic heterocycles. The lowest BCUT2D eigenvalue weighted by molar-refractivity contribution is 0.0526. The van der Waals surface area contributed by atoms with Crippen LogP contribution in [0.4, 0.5) is 0 Å². The van der Waals surface area contributed by atoms with Gasteiger partial charge in [0.05, 0.1) is 22.1 Å². The lowest BCUT2D eigenvalue weighted by atomic mass is 10.2. The van der Waals surface area contributed by atoms with Crippen LogP contribution < -0.4 is 4.72 Å². The van der Waals surface area contributed by atoms with Crippen LogP contribution in [0.25, 0.3) is 0 Å². The standard InChI is InChI=1S/C15H18N2O4S2/c1-3-21-15(18)12-5-4-6-13(9-12)23(19,20)16-8-7-14-17-11(2)10-22-14/h4-6,9-10,16H,3,7-8H2,1-2H3. The Hall–Kier alpha value is -1.77. The number of nitrogens with zero attached hydrogens (tertiary/aromatic N) is 1. The van der Waals surface area contributed by atoms with Crippen molar-refractivity contribution in [3.63, 3.8) is 0 Å². The quantitative estimate of drug-likeness (QED) is 0.770. The van der Waals surface area contributed by atoms with Crippen LogP contribution in [0, 0.1) is 6.92 Å². The number of hydrogen-bond acceptors (Lipinski definition) is 6. The second kappa shape index (κ2) is 7.67. The topological polar surface area (TPSA) is 85.4 Å². The lowest BCUT2D eigenvalue weighted by Crippen LogP contribution is -2.26. The van der Waals surface area contributed by atoms with Gasteiger partial charge in [0.1, 0.15) is 0 Å². The van der Waals surface area contributed by atoms with E-state index in [2.05, 4.69) is 9.71 Å². The fourth-order valence-electron chi connectivity index (χ4n) is 1.90. The van der Waals surface area contributed by atoms with Crippen LogP contribution in [0.15, 0.2) is 34.5 Å². The highest BCUT2D eigenvalue weighted by Crippen LogP contribution is 2.13. The van der Waals surface area contributed by atoms with E-state index in [1.54, 1.807) is 6.92 Å². The van der Waals surface area contributed by atoms with Crippen LogP contribution in [-0.4, -0.2) is 32.5 Å². The van der Waals surface area contributed by atoms with Crippen molar-refractivity contribution in [3.05, 3.63) is 45.9 Å². The third-order valence-corrected chi connectivity index (χ3v) is 5.44. The molecule has 124 valence electrons. The molecule has 0 aliphatic rings. The average Bonchev–Trinajstić information content (AvgIpc) is 2.93. The van der Waals surface area contributed by atoms with Crippen LogP contribution in [0.3, 0.4) is 0 Å². The molecule has 8 heteroatoms. The van der Waals surface area contributed by atoms with E-state index >= 15 is 0 Å². The number of rotatable bonds is 7. The molecule has 0 fully saturated rings. The Balaban J connectivity index is 2.04. The van der Waals surface area contributed by atoms with Crippen molar-refractivity contribution in [2.75, 3.05) is 13.2 Å². The molecule has 1 aromatic carbocycles. The number of hydrogen-bond donors (Lipinski definition) is 1. The van der Waals surface area contributed by atoms with E-state index in [0.29, 0.717) is 6.42 Å². The van der Waals surface area contributed by atoms with Crippen molar-refractivity contribution in [1.29, 1.82) is 0 Å². The minimum absolute atomic E-state index is 0.0402. The van der Waals surface area contributed by atoms with Gasteiger partial charge in [-0.25, -0.2) is 22.9 Å². The largest absolute Gasteiger partial charge is 0.462 e. The number of benzene rings is 1. The minimum Gasteiger partial charge on any atom is -0.462 e. The Morgan fingerprint density at radius 1 is 1.39 bits per heavy atom. The molecule has 0 amide bonds. The molecular weight excluding hydrogens is 336 g/mol. The fourth-order valence-corrected chi connectivity index (χ4v) is 3.75. The second-order valence-corrected chi connectivity index (χ2v) is 7.49. The van der Waals surface area contributed by atoms with Crippen LogP contribution in [0.5, 0.6) is 0 Å². The number of sulfonamides is 1. The summed E-state index contributed by atoms with van der Waals surface area (Å²) in [4.78, 5) is 16.0. The molecule has 0 bridgehead atoms. The van der Waals surface area contributed by atoms with Crippen LogP contribution in [0.1, 0.15) is 28.0 Å². The van der Waals surface area contributed by atoms with Crippen LogP contribution >= 0.6 is 11.3 Å². The normalized spacial score (nSPS) is 11.4. The zero-order valence-electron chi connectivity index (χ0n) is 12.9. The minimum atomic E-state index is -3.68. The Labute approximate surface area is 139 Å². The van der Waals surface area contributed by atoms with Gasteiger partial charge in [0, 0.05) is 24.0 Å². The SMILES string of the molecule is CCOC(=O)c1cccc(S(=O)(=O)NCCc2nc(C)cs2)c1. The maximum atomic E-state index is 12.3. The first kappa shape index (κ1) is 17.6. The maximum absolute atomic E-state index is 12.3. The Morgan fingerprint density at radius 3 is 2.83 bits per heavy atom. The highest BCUT2D eigenvalue weighted by molar-refractivity contribution is 7.89. The second-order valence-electron chi connectivity index (χ2n) is 4.78. The lowest BCUT2D eigenvalue weighted by Gasteiger charge is -2.07. The van der Waals surface area contributed by atoms with Gasteiger partial charge < -0.3 is 4.74 Å². The maximum Gasteiger partial charge on any atom is 0.338 e. The molecule has 2 aromatic rings. The summed E-state index contributed by atoms with van der Waals surface area (Å²) in [5.41, 5.74) is 1.14. The van der Waals surface area contributed by atoms with E-state index in [1.165, 1.54) is 35.6 Å². The van der Waals surface area contributed by atoms with Gasteiger partial charge in [0.2, 0.25) is 10.0 Å². The van der Waals surface area contributed by atoms with Gasteiger partial charge in [-0.3, -0.25) is 0 Å². The number of esters is 1. The number of aromatic nitrogens is 1. The monoisotopic (exact) mass is 354 g/mol. The summed E-state index contributed by atoms with van der Waals surface area (Å²) in [6.07, 6.45) is 0.523. The molecule has 0 radical (unpaired) electrons. The first-order valence-electron chi connectivity index (χ1n) is 7.10. The third-order valence-electron chi connectivity index (χ3n) is 2.95. The molecule has 6 nitrogen and oxygen atoms in total. The summed E-state index contributed by atoms with van der Waals surface area (Å²) in [7, 11) is -3.68. The molecule has 2 rings (SSSR count). The molecule has 0 atom stereocenters.